The van der Waals surface area contributed by atoms with E-state index >= 15 is 0 Å². The summed E-state index contributed by atoms with van der Waals surface area (Å²) in [4.78, 5) is 2.47. The van der Waals surface area contributed by atoms with E-state index < -0.39 is 0 Å². The molecule has 1 aromatic heterocycles. The van der Waals surface area contributed by atoms with Gasteiger partial charge >= 0.3 is 5.95 Å². The van der Waals surface area contributed by atoms with Crippen LogP contribution in [0.15, 0.2) is 54.7 Å². The van der Waals surface area contributed by atoms with E-state index in [0.717, 1.165) is 36.8 Å². The number of aromatic nitrogens is 2. The number of benzene rings is 2. The van der Waals surface area contributed by atoms with E-state index in [1.165, 1.54) is 43.0 Å². The summed E-state index contributed by atoms with van der Waals surface area (Å²) in [7, 11) is 1.74. The van der Waals surface area contributed by atoms with Crippen LogP contribution in [0.25, 0.3) is 16.9 Å². The Hall–Kier alpha value is -2.95. The first-order valence-corrected chi connectivity index (χ1v) is 10.2. The van der Waals surface area contributed by atoms with Crippen LogP contribution in [-0.4, -0.2) is 31.3 Å². The second-order valence-corrected chi connectivity index (χ2v) is 7.55. The van der Waals surface area contributed by atoms with Crippen LogP contribution in [0.3, 0.4) is 0 Å². The Morgan fingerprint density at radius 1 is 0.929 bits per heavy atom. The molecule has 144 valence electrons. The lowest BCUT2D eigenvalue weighted by Gasteiger charge is -2.17. The Kier molecular flexibility index (Phi) is 4.43. The van der Waals surface area contributed by atoms with Crippen LogP contribution in [0, 0.1) is 0 Å². The third-order valence-corrected chi connectivity index (χ3v) is 5.85. The monoisotopic (exact) mass is 375 g/mol. The standard InChI is InChI=1S/C23H26N4O/c1-28-22-8-3-2-7-20(22)21-17-27(23-24-13-6-16-26(21)23)19-11-9-18(10-12-19)25-14-4-5-15-25/h2-3,7-12,17H,4-6,13-16H2,1H3/p+1. The SMILES string of the molecule is COc1ccccc1-c1cn(-c2ccc(N3CCCC3)cc2)c2[n+]1CCCN2. The van der Waals surface area contributed by atoms with E-state index in [2.05, 4.69) is 61.9 Å². The Balaban J connectivity index is 1.57. The fourth-order valence-corrected chi connectivity index (χ4v) is 4.41. The molecule has 2 aromatic carbocycles. The van der Waals surface area contributed by atoms with Crippen LogP contribution >= 0.6 is 0 Å². The minimum absolute atomic E-state index is 0.907. The van der Waals surface area contributed by atoms with E-state index in [9.17, 15) is 0 Å². The van der Waals surface area contributed by atoms with Crippen molar-refractivity contribution in [1.82, 2.24) is 4.57 Å². The highest BCUT2D eigenvalue weighted by Crippen LogP contribution is 2.31. The maximum atomic E-state index is 5.63. The molecule has 0 saturated carbocycles. The van der Waals surface area contributed by atoms with Crippen molar-refractivity contribution in [2.45, 2.75) is 25.8 Å². The van der Waals surface area contributed by atoms with Crippen LogP contribution in [0.2, 0.25) is 0 Å². The quantitative estimate of drug-likeness (QED) is 0.703. The van der Waals surface area contributed by atoms with Crippen molar-refractivity contribution in [3.05, 3.63) is 54.7 Å². The zero-order chi connectivity index (χ0) is 18.9. The smallest absolute Gasteiger partial charge is 0.362 e. The molecule has 0 spiro atoms. The van der Waals surface area contributed by atoms with Gasteiger partial charge in [-0.3, -0.25) is 5.32 Å². The molecule has 5 rings (SSSR count). The summed E-state index contributed by atoms with van der Waals surface area (Å²) in [5, 5.41) is 3.60. The first-order chi connectivity index (χ1) is 13.8. The van der Waals surface area contributed by atoms with Gasteiger partial charge in [-0.1, -0.05) is 12.1 Å². The molecule has 5 nitrogen and oxygen atoms in total. The fourth-order valence-electron chi connectivity index (χ4n) is 4.41. The Morgan fingerprint density at radius 3 is 2.46 bits per heavy atom. The molecule has 0 bridgehead atoms. The molecule has 1 N–H and O–H groups in total. The lowest BCUT2D eigenvalue weighted by atomic mass is 10.1. The summed E-state index contributed by atoms with van der Waals surface area (Å²) in [6.07, 6.45) is 5.96. The Labute approximate surface area is 166 Å². The zero-order valence-corrected chi connectivity index (χ0v) is 16.4. The van der Waals surface area contributed by atoms with Gasteiger partial charge in [0.15, 0.2) is 0 Å². The number of imidazole rings is 1. The Bertz CT molecular complexity index is 971. The Morgan fingerprint density at radius 2 is 1.68 bits per heavy atom. The van der Waals surface area contributed by atoms with Crippen LogP contribution in [-0.2, 0) is 6.54 Å². The molecule has 2 aliphatic heterocycles. The lowest BCUT2D eigenvalue weighted by Crippen LogP contribution is -2.43. The van der Waals surface area contributed by atoms with E-state index in [1.54, 1.807) is 7.11 Å². The van der Waals surface area contributed by atoms with E-state index in [0.29, 0.717) is 0 Å². The van der Waals surface area contributed by atoms with Gasteiger partial charge in [0, 0.05) is 25.2 Å². The average molecular weight is 375 g/mol. The van der Waals surface area contributed by atoms with Crippen LogP contribution in [0.4, 0.5) is 11.6 Å². The minimum Gasteiger partial charge on any atom is -0.496 e. The summed E-state index contributed by atoms with van der Waals surface area (Å²) in [6, 6.07) is 17.2. The van der Waals surface area contributed by atoms with Gasteiger partial charge in [0.1, 0.15) is 23.3 Å². The minimum atomic E-state index is 0.907. The molecule has 3 aromatic rings. The molecule has 5 heteroatoms. The first kappa shape index (κ1) is 17.2. The maximum absolute atomic E-state index is 5.63. The highest BCUT2D eigenvalue weighted by atomic mass is 16.5. The second kappa shape index (κ2) is 7.23. The van der Waals surface area contributed by atoms with Crippen LogP contribution in [0.5, 0.6) is 5.75 Å². The van der Waals surface area contributed by atoms with Crippen molar-refractivity contribution in [3.8, 4) is 22.7 Å². The van der Waals surface area contributed by atoms with Gasteiger partial charge in [-0.15, -0.1) is 0 Å². The molecule has 2 aliphatic rings. The number of fused-ring (bicyclic) bond motifs is 1. The fraction of sp³-hybridized carbons (Fsp3) is 0.348. The van der Waals surface area contributed by atoms with Gasteiger partial charge in [0.05, 0.1) is 25.8 Å². The number of hydrogen-bond acceptors (Lipinski definition) is 3. The molecule has 1 fully saturated rings. The number of hydrogen-bond donors (Lipinski definition) is 1. The summed E-state index contributed by atoms with van der Waals surface area (Å²) < 4.78 is 10.3. The van der Waals surface area contributed by atoms with E-state index in [-0.39, 0.29) is 0 Å². The third-order valence-electron chi connectivity index (χ3n) is 5.85. The number of methoxy groups -OCH3 is 1. The average Bonchev–Trinajstić information content (AvgIpc) is 3.42. The van der Waals surface area contributed by atoms with E-state index in [4.69, 9.17) is 4.74 Å². The second-order valence-electron chi connectivity index (χ2n) is 7.55. The molecule has 0 radical (unpaired) electrons. The molecule has 0 aliphatic carbocycles. The first-order valence-electron chi connectivity index (χ1n) is 10.2. The topological polar surface area (TPSA) is 33.3 Å². The summed E-state index contributed by atoms with van der Waals surface area (Å²) in [6.45, 7) is 4.36. The van der Waals surface area contributed by atoms with Gasteiger partial charge in [-0.25, -0.2) is 9.13 Å². The van der Waals surface area contributed by atoms with Crippen molar-refractivity contribution in [2.24, 2.45) is 0 Å². The number of rotatable bonds is 4. The van der Waals surface area contributed by atoms with Crippen LogP contribution in [0.1, 0.15) is 19.3 Å². The number of nitrogens with one attached hydrogen (secondary N) is 1. The van der Waals surface area contributed by atoms with Gasteiger partial charge in [-0.05, 0) is 49.2 Å². The molecule has 0 amide bonds. The van der Waals surface area contributed by atoms with Gasteiger partial charge in [0.25, 0.3) is 0 Å². The lowest BCUT2D eigenvalue weighted by molar-refractivity contribution is -0.675. The molecule has 0 unspecified atom stereocenters. The maximum Gasteiger partial charge on any atom is 0.362 e. The number of anilines is 2. The van der Waals surface area contributed by atoms with Crippen molar-refractivity contribution < 1.29 is 9.30 Å². The molecular weight excluding hydrogens is 348 g/mol. The zero-order valence-electron chi connectivity index (χ0n) is 16.4. The molecule has 28 heavy (non-hydrogen) atoms. The van der Waals surface area contributed by atoms with Crippen LogP contribution < -0.4 is 19.5 Å². The summed E-state index contributed by atoms with van der Waals surface area (Å²) in [5.74, 6) is 2.05. The highest BCUT2D eigenvalue weighted by Gasteiger charge is 2.28. The van der Waals surface area contributed by atoms with E-state index in [1.807, 2.05) is 12.1 Å². The third kappa shape index (κ3) is 2.91. The number of para-hydroxylation sites is 1. The normalized spacial score (nSPS) is 16.0. The van der Waals surface area contributed by atoms with Crippen molar-refractivity contribution in [1.29, 1.82) is 0 Å². The molecule has 3 heterocycles. The van der Waals surface area contributed by atoms with Crippen molar-refractivity contribution >= 4 is 11.6 Å². The molecule has 1 saturated heterocycles. The predicted molar refractivity (Wildman–Crippen MR) is 113 cm³/mol. The number of ether oxygens (including phenoxy) is 1. The number of nitrogens with zero attached hydrogens (tertiary/aromatic N) is 3. The summed E-state index contributed by atoms with van der Waals surface area (Å²) >= 11 is 0. The predicted octanol–water partition coefficient (Wildman–Crippen LogP) is 3.86. The molecular formula is C23H27N4O+. The van der Waals surface area contributed by atoms with Crippen molar-refractivity contribution in [2.75, 3.05) is 37.0 Å². The highest BCUT2D eigenvalue weighted by molar-refractivity contribution is 5.66. The molecule has 0 atom stereocenters. The van der Waals surface area contributed by atoms with Crippen molar-refractivity contribution in [3.63, 3.8) is 0 Å². The van der Waals surface area contributed by atoms with Gasteiger partial charge < -0.3 is 9.64 Å². The van der Waals surface area contributed by atoms with Gasteiger partial charge in [0.2, 0.25) is 0 Å². The summed E-state index contributed by atoms with van der Waals surface area (Å²) in [5.41, 5.74) is 4.82. The van der Waals surface area contributed by atoms with Gasteiger partial charge in [-0.2, -0.15) is 0 Å². The largest absolute Gasteiger partial charge is 0.496 e.